The molecule has 0 saturated carbocycles. The number of morpholine rings is 1. The molecular weight excluding hydrogens is 218 g/mol. The molecule has 3 unspecified atom stereocenters. The molecule has 3 atom stereocenters. The molecule has 2 heterocycles. The molecule has 0 aromatic rings. The number of hydrogen-bond donors (Lipinski definition) is 2. The van der Waals surface area contributed by atoms with Crippen molar-refractivity contribution in [3.63, 3.8) is 0 Å². The summed E-state index contributed by atoms with van der Waals surface area (Å²) in [5.74, 6) is 0.0407. The molecule has 98 valence electrons. The fraction of sp³-hybridized carbons (Fsp3) is 0.917. The van der Waals surface area contributed by atoms with Crippen LogP contribution in [0.3, 0.4) is 0 Å². The van der Waals surface area contributed by atoms with Crippen LogP contribution in [-0.4, -0.2) is 62.3 Å². The van der Waals surface area contributed by atoms with Crippen LogP contribution in [0.4, 0.5) is 0 Å². The lowest BCUT2D eigenvalue weighted by Crippen LogP contribution is -2.53. The Labute approximate surface area is 103 Å². The number of hydrogen-bond acceptors (Lipinski definition) is 4. The maximum atomic E-state index is 12.0. The summed E-state index contributed by atoms with van der Waals surface area (Å²) >= 11 is 0. The number of amides is 1. The van der Waals surface area contributed by atoms with Crippen LogP contribution in [0, 0.1) is 0 Å². The molecule has 0 aromatic carbocycles. The fourth-order valence-corrected chi connectivity index (χ4v) is 2.45. The molecule has 2 fully saturated rings. The molecule has 2 aliphatic heterocycles. The Morgan fingerprint density at radius 2 is 2.35 bits per heavy atom. The minimum atomic E-state index is -0.307. The topological polar surface area (TPSA) is 53.6 Å². The van der Waals surface area contributed by atoms with E-state index in [9.17, 15) is 4.79 Å². The van der Waals surface area contributed by atoms with Crippen LogP contribution in [0.2, 0.25) is 0 Å². The quantitative estimate of drug-likeness (QED) is 0.689. The third-order valence-electron chi connectivity index (χ3n) is 3.77. The molecule has 2 aliphatic rings. The number of nitrogens with one attached hydrogen (secondary N) is 2. The van der Waals surface area contributed by atoms with Crippen molar-refractivity contribution >= 4 is 5.91 Å². The zero-order chi connectivity index (χ0) is 12.3. The Morgan fingerprint density at radius 3 is 3.00 bits per heavy atom. The summed E-state index contributed by atoms with van der Waals surface area (Å²) in [7, 11) is 2.14. The van der Waals surface area contributed by atoms with Gasteiger partial charge in [0.1, 0.15) is 6.10 Å². The van der Waals surface area contributed by atoms with Gasteiger partial charge < -0.3 is 20.3 Å². The molecule has 2 N–H and O–H groups in total. The molecule has 0 aliphatic carbocycles. The summed E-state index contributed by atoms with van der Waals surface area (Å²) in [6, 6.07) is 0.846. The highest BCUT2D eigenvalue weighted by atomic mass is 16.5. The second kappa shape index (κ2) is 5.80. The predicted octanol–water partition coefficient (Wildman–Crippen LogP) is -0.426. The van der Waals surface area contributed by atoms with Gasteiger partial charge in [0.25, 0.3) is 5.91 Å². The number of ether oxygens (including phenoxy) is 1. The van der Waals surface area contributed by atoms with E-state index in [1.54, 1.807) is 0 Å². The Bertz CT molecular complexity index is 266. The van der Waals surface area contributed by atoms with Gasteiger partial charge in [-0.25, -0.2) is 0 Å². The van der Waals surface area contributed by atoms with Crippen LogP contribution in [0.15, 0.2) is 0 Å². The van der Waals surface area contributed by atoms with Gasteiger partial charge in [0.05, 0.1) is 6.61 Å². The molecule has 0 bridgehead atoms. The maximum Gasteiger partial charge on any atom is 0.250 e. The number of piperidine rings is 1. The largest absolute Gasteiger partial charge is 0.366 e. The lowest BCUT2D eigenvalue weighted by molar-refractivity contribution is -0.135. The number of likely N-dealkylation sites (tertiary alicyclic amines) is 1. The van der Waals surface area contributed by atoms with E-state index in [1.807, 2.05) is 0 Å². The van der Waals surface area contributed by atoms with Crippen molar-refractivity contribution in [2.75, 3.05) is 33.3 Å². The van der Waals surface area contributed by atoms with E-state index >= 15 is 0 Å². The van der Waals surface area contributed by atoms with Crippen LogP contribution in [0.1, 0.15) is 19.8 Å². The third kappa shape index (κ3) is 3.40. The van der Waals surface area contributed by atoms with E-state index in [0.717, 1.165) is 25.9 Å². The second-order valence-electron chi connectivity index (χ2n) is 5.12. The first-order chi connectivity index (χ1) is 8.16. The predicted molar refractivity (Wildman–Crippen MR) is 65.9 cm³/mol. The SMILES string of the molecule is CC1CC(NC(=O)C2CNCCO2)CCN1C. The van der Waals surface area contributed by atoms with E-state index in [2.05, 4.69) is 29.5 Å². The van der Waals surface area contributed by atoms with Crippen molar-refractivity contribution in [2.24, 2.45) is 0 Å². The van der Waals surface area contributed by atoms with Crippen LogP contribution in [0.25, 0.3) is 0 Å². The van der Waals surface area contributed by atoms with Gasteiger partial charge in [-0.1, -0.05) is 0 Å². The van der Waals surface area contributed by atoms with Crippen molar-refractivity contribution < 1.29 is 9.53 Å². The maximum absolute atomic E-state index is 12.0. The van der Waals surface area contributed by atoms with Gasteiger partial charge in [0.2, 0.25) is 0 Å². The van der Waals surface area contributed by atoms with Gasteiger partial charge in [-0.2, -0.15) is 0 Å². The number of carbonyl (C=O) groups is 1. The van der Waals surface area contributed by atoms with Crippen molar-refractivity contribution in [2.45, 2.75) is 38.0 Å². The minimum absolute atomic E-state index is 0.0407. The van der Waals surface area contributed by atoms with E-state index in [1.165, 1.54) is 0 Å². The number of rotatable bonds is 2. The molecule has 1 amide bonds. The smallest absolute Gasteiger partial charge is 0.250 e. The van der Waals surface area contributed by atoms with Crippen LogP contribution < -0.4 is 10.6 Å². The summed E-state index contributed by atoms with van der Waals surface area (Å²) in [6.07, 6.45) is 1.76. The normalized spacial score (nSPS) is 35.5. The first-order valence-corrected chi connectivity index (χ1v) is 6.49. The first-order valence-electron chi connectivity index (χ1n) is 6.49. The van der Waals surface area contributed by atoms with Crippen molar-refractivity contribution in [1.82, 2.24) is 15.5 Å². The van der Waals surface area contributed by atoms with Crippen molar-refractivity contribution in [1.29, 1.82) is 0 Å². The third-order valence-corrected chi connectivity index (χ3v) is 3.77. The lowest BCUT2D eigenvalue weighted by atomic mass is 9.98. The van der Waals surface area contributed by atoms with Gasteiger partial charge >= 0.3 is 0 Å². The molecular formula is C12H23N3O2. The molecule has 17 heavy (non-hydrogen) atoms. The van der Waals surface area contributed by atoms with Gasteiger partial charge in [0, 0.05) is 31.7 Å². The Hall–Kier alpha value is -0.650. The Kier molecular flexibility index (Phi) is 4.36. The second-order valence-corrected chi connectivity index (χ2v) is 5.12. The number of carbonyl (C=O) groups excluding carboxylic acids is 1. The average molecular weight is 241 g/mol. The van der Waals surface area contributed by atoms with E-state index in [-0.39, 0.29) is 12.0 Å². The van der Waals surface area contributed by atoms with Crippen LogP contribution >= 0.6 is 0 Å². The molecule has 5 nitrogen and oxygen atoms in total. The van der Waals surface area contributed by atoms with E-state index < -0.39 is 0 Å². The molecule has 0 spiro atoms. The number of nitrogens with zero attached hydrogens (tertiary/aromatic N) is 1. The van der Waals surface area contributed by atoms with Gasteiger partial charge in [-0.15, -0.1) is 0 Å². The van der Waals surface area contributed by atoms with Crippen LogP contribution in [-0.2, 0) is 9.53 Å². The molecule has 2 saturated heterocycles. The average Bonchev–Trinajstić information content (AvgIpc) is 2.35. The first kappa shape index (κ1) is 12.8. The van der Waals surface area contributed by atoms with Gasteiger partial charge in [0.15, 0.2) is 0 Å². The van der Waals surface area contributed by atoms with Crippen molar-refractivity contribution in [3.8, 4) is 0 Å². The highest BCUT2D eigenvalue weighted by molar-refractivity contribution is 5.81. The zero-order valence-electron chi connectivity index (χ0n) is 10.7. The van der Waals surface area contributed by atoms with Crippen LogP contribution in [0.5, 0.6) is 0 Å². The zero-order valence-corrected chi connectivity index (χ0v) is 10.7. The standard InChI is InChI=1S/C12H23N3O2/c1-9-7-10(3-5-15(9)2)14-12(16)11-8-13-4-6-17-11/h9-11,13H,3-8H2,1-2H3,(H,14,16). The Balaban J connectivity index is 1.78. The van der Waals surface area contributed by atoms with Gasteiger partial charge in [-0.05, 0) is 26.8 Å². The highest BCUT2D eigenvalue weighted by Gasteiger charge is 2.27. The molecule has 0 aromatic heterocycles. The minimum Gasteiger partial charge on any atom is -0.366 e. The van der Waals surface area contributed by atoms with Crippen molar-refractivity contribution in [3.05, 3.63) is 0 Å². The summed E-state index contributed by atoms with van der Waals surface area (Å²) in [4.78, 5) is 14.3. The monoisotopic (exact) mass is 241 g/mol. The molecule has 0 radical (unpaired) electrons. The summed E-state index contributed by atoms with van der Waals surface area (Å²) in [6.45, 7) is 5.36. The summed E-state index contributed by atoms with van der Waals surface area (Å²) in [5.41, 5.74) is 0. The Morgan fingerprint density at radius 1 is 1.53 bits per heavy atom. The van der Waals surface area contributed by atoms with E-state index in [4.69, 9.17) is 4.74 Å². The summed E-state index contributed by atoms with van der Waals surface area (Å²) < 4.78 is 5.44. The van der Waals surface area contributed by atoms with Gasteiger partial charge in [-0.3, -0.25) is 4.79 Å². The molecule has 5 heteroatoms. The molecule has 2 rings (SSSR count). The highest BCUT2D eigenvalue weighted by Crippen LogP contribution is 2.15. The lowest BCUT2D eigenvalue weighted by Gasteiger charge is -2.36. The summed E-state index contributed by atoms with van der Waals surface area (Å²) in [5, 5.41) is 6.28. The fourth-order valence-electron chi connectivity index (χ4n) is 2.45. The van der Waals surface area contributed by atoms with E-state index in [0.29, 0.717) is 25.2 Å².